The summed E-state index contributed by atoms with van der Waals surface area (Å²) in [5.41, 5.74) is 1.28. The maximum absolute atomic E-state index is 12.3. The van der Waals surface area contributed by atoms with Crippen LogP contribution in [0.25, 0.3) is 0 Å². The lowest BCUT2D eigenvalue weighted by molar-refractivity contribution is 0.0955. The summed E-state index contributed by atoms with van der Waals surface area (Å²) in [5.74, 6) is 7.39. The van der Waals surface area contributed by atoms with Gasteiger partial charge in [0, 0.05) is 17.0 Å². The lowest BCUT2D eigenvalue weighted by Gasteiger charge is -2.17. The first kappa shape index (κ1) is 19.9. The van der Waals surface area contributed by atoms with Crippen LogP contribution in [-0.4, -0.2) is 31.8 Å². The van der Waals surface area contributed by atoms with E-state index in [0.717, 1.165) is 17.7 Å². The van der Waals surface area contributed by atoms with Crippen LogP contribution >= 0.6 is 11.6 Å². The standard InChI is InChI=1S/C22H22ClNO4/c1-22(2)14-15-7-6-8-19(20(15)28-22)27-12-5-4-11-24-21(25)17-13-16(23)9-10-18(17)26-3/h6-10,13H,11-12,14H2,1-3H3,(H,24,25). The maximum atomic E-state index is 12.3. The van der Waals surface area contributed by atoms with Gasteiger partial charge in [-0.15, -0.1) is 0 Å². The van der Waals surface area contributed by atoms with E-state index in [4.69, 9.17) is 25.8 Å². The summed E-state index contributed by atoms with van der Waals surface area (Å²) >= 11 is 5.95. The molecule has 28 heavy (non-hydrogen) atoms. The Hall–Kier alpha value is -2.84. The van der Waals surface area contributed by atoms with Crippen LogP contribution in [0.2, 0.25) is 5.02 Å². The molecule has 1 aliphatic rings. The fraction of sp³-hybridized carbons (Fsp3) is 0.318. The molecule has 5 nitrogen and oxygen atoms in total. The van der Waals surface area contributed by atoms with Crippen LogP contribution in [0, 0.1) is 11.8 Å². The van der Waals surface area contributed by atoms with Crippen molar-refractivity contribution in [3.63, 3.8) is 0 Å². The molecule has 0 aliphatic carbocycles. The lowest BCUT2D eigenvalue weighted by Crippen LogP contribution is -2.24. The Morgan fingerprint density at radius 2 is 2.07 bits per heavy atom. The van der Waals surface area contributed by atoms with Crippen molar-refractivity contribution in [1.29, 1.82) is 0 Å². The Morgan fingerprint density at radius 3 is 2.86 bits per heavy atom. The predicted molar refractivity (Wildman–Crippen MR) is 108 cm³/mol. The van der Waals surface area contributed by atoms with Crippen LogP contribution < -0.4 is 19.5 Å². The molecular formula is C22H22ClNO4. The van der Waals surface area contributed by atoms with E-state index >= 15 is 0 Å². The highest BCUT2D eigenvalue weighted by atomic mass is 35.5. The fourth-order valence-electron chi connectivity index (χ4n) is 3.01. The number of halogens is 1. The summed E-state index contributed by atoms with van der Waals surface area (Å²) in [6, 6.07) is 10.7. The van der Waals surface area contributed by atoms with Gasteiger partial charge in [0.15, 0.2) is 11.5 Å². The van der Waals surface area contributed by atoms with Crippen molar-refractivity contribution in [2.75, 3.05) is 20.3 Å². The topological polar surface area (TPSA) is 56.8 Å². The second-order valence-electron chi connectivity index (χ2n) is 6.95. The van der Waals surface area contributed by atoms with Crippen LogP contribution in [-0.2, 0) is 6.42 Å². The number of ether oxygens (including phenoxy) is 3. The van der Waals surface area contributed by atoms with Gasteiger partial charge in [0.25, 0.3) is 5.91 Å². The zero-order chi connectivity index (χ0) is 20.1. The highest BCUT2D eigenvalue weighted by molar-refractivity contribution is 6.31. The molecule has 6 heteroatoms. The molecule has 0 spiro atoms. The molecule has 0 atom stereocenters. The molecule has 1 heterocycles. The minimum atomic E-state index is -0.300. The third kappa shape index (κ3) is 4.71. The van der Waals surface area contributed by atoms with Crippen molar-refractivity contribution in [3.8, 4) is 29.1 Å². The number of fused-ring (bicyclic) bond motifs is 1. The molecule has 0 fully saturated rings. The number of amides is 1. The quantitative estimate of drug-likeness (QED) is 0.775. The zero-order valence-corrected chi connectivity index (χ0v) is 16.9. The summed E-state index contributed by atoms with van der Waals surface area (Å²) < 4.78 is 16.9. The van der Waals surface area contributed by atoms with Gasteiger partial charge < -0.3 is 19.5 Å². The van der Waals surface area contributed by atoms with Gasteiger partial charge in [-0.05, 0) is 38.1 Å². The first-order chi connectivity index (χ1) is 13.4. The van der Waals surface area contributed by atoms with Gasteiger partial charge in [0.1, 0.15) is 18.0 Å². The molecule has 0 radical (unpaired) electrons. The molecule has 2 aromatic carbocycles. The minimum absolute atomic E-state index is 0.189. The number of methoxy groups -OCH3 is 1. The zero-order valence-electron chi connectivity index (χ0n) is 16.1. The number of rotatable bonds is 5. The SMILES string of the molecule is COc1ccc(Cl)cc1C(=O)NCC#CCOc1cccc2c1OC(C)(C)C2. The van der Waals surface area contributed by atoms with Crippen molar-refractivity contribution in [3.05, 3.63) is 52.5 Å². The number of nitrogens with one attached hydrogen (secondary N) is 1. The molecule has 146 valence electrons. The Bertz CT molecular complexity index is 943. The summed E-state index contributed by atoms with van der Waals surface area (Å²) in [6.45, 7) is 4.49. The number of hydrogen-bond acceptors (Lipinski definition) is 4. The average molecular weight is 400 g/mol. The molecule has 0 saturated heterocycles. The summed E-state index contributed by atoms with van der Waals surface area (Å²) in [7, 11) is 1.50. The highest BCUT2D eigenvalue weighted by Crippen LogP contribution is 2.41. The van der Waals surface area contributed by atoms with E-state index in [1.807, 2.05) is 32.0 Å². The van der Waals surface area contributed by atoms with Gasteiger partial charge in [-0.2, -0.15) is 0 Å². The third-order valence-electron chi connectivity index (χ3n) is 4.22. The molecule has 0 bridgehead atoms. The molecule has 1 N–H and O–H groups in total. The summed E-state index contributed by atoms with van der Waals surface area (Å²) in [6.07, 6.45) is 0.851. The lowest BCUT2D eigenvalue weighted by atomic mass is 10.0. The van der Waals surface area contributed by atoms with Gasteiger partial charge in [-0.3, -0.25) is 4.79 Å². The van der Waals surface area contributed by atoms with Crippen molar-refractivity contribution in [1.82, 2.24) is 5.32 Å². The molecule has 1 aliphatic heterocycles. The average Bonchev–Trinajstić information content (AvgIpc) is 2.98. The Labute approximate surface area is 169 Å². The van der Waals surface area contributed by atoms with Crippen LogP contribution in [0.4, 0.5) is 0 Å². The predicted octanol–water partition coefficient (Wildman–Crippen LogP) is 3.87. The van der Waals surface area contributed by atoms with Crippen molar-refractivity contribution in [2.45, 2.75) is 25.9 Å². The second kappa shape index (κ2) is 8.45. The van der Waals surface area contributed by atoms with E-state index in [2.05, 4.69) is 17.2 Å². The molecular weight excluding hydrogens is 378 g/mol. The largest absolute Gasteiger partial charge is 0.496 e. The van der Waals surface area contributed by atoms with Crippen LogP contribution in [0.5, 0.6) is 17.2 Å². The number of para-hydroxylation sites is 1. The first-order valence-electron chi connectivity index (χ1n) is 8.91. The normalized spacial score (nSPS) is 13.6. The molecule has 1 amide bonds. The van der Waals surface area contributed by atoms with Crippen molar-refractivity contribution >= 4 is 17.5 Å². The van der Waals surface area contributed by atoms with Crippen molar-refractivity contribution < 1.29 is 19.0 Å². The van der Waals surface area contributed by atoms with Gasteiger partial charge in [-0.25, -0.2) is 0 Å². The number of carbonyl (C=O) groups excluding carboxylic acids is 1. The van der Waals surface area contributed by atoms with Crippen molar-refractivity contribution in [2.24, 2.45) is 0 Å². The molecule has 0 unspecified atom stereocenters. The Balaban J connectivity index is 1.52. The molecule has 0 aromatic heterocycles. The van der Waals surface area contributed by atoms with Gasteiger partial charge in [0.2, 0.25) is 0 Å². The summed E-state index contributed by atoms with van der Waals surface area (Å²) in [4.78, 5) is 12.3. The first-order valence-corrected chi connectivity index (χ1v) is 9.28. The van der Waals surface area contributed by atoms with Crippen LogP contribution in [0.1, 0.15) is 29.8 Å². The molecule has 0 saturated carbocycles. The fourth-order valence-corrected chi connectivity index (χ4v) is 3.18. The number of benzene rings is 2. The smallest absolute Gasteiger partial charge is 0.255 e. The summed E-state index contributed by atoms with van der Waals surface area (Å²) in [5, 5.41) is 3.18. The molecule has 2 aromatic rings. The van der Waals surface area contributed by atoms with E-state index in [-0.39, 0.29) is 24.7 Å². The second-order valence-corrected chi connectivity index (χ2v) is 7.39. The van der Waals surface area contributed by atoms with E-state index in [9.17, 15) is 4.79 Å². The Morgan fingerprint density at radius 1 is 1.25 bits per heavy atom. The van der Waals surface area contributed by atoms with Gasteiger partial charge in [0.05, 0.1) is 19.2 Å². The maximum Gasteiger partial charge on any atom is 0.255 e. The van der Waals surface area contributed by atoms with E-state index in [0.29, 0.717) is 22.1 Å². The van der Waals surface area contributed by atoms with Crippen LogP contribution in [0.3, 0.4) is 0 Å². The third-order valence-corrected chi connectivity index (χ3v) is 4.46. The van der Waals surface area contributed by atoms with Gasteiger partial charge in [-0.1, -0.05) is 35.6 Å². The number of carbonyl (C=O) groups is 1. The Kier molecular flexibility index (Phi) is 6.01. The van der Waals surface area contributed by atoms with E-state index in [1.54, 1.807) is 18.2 Å². The van der Waals surface area contributed by atoms with E-state index in [1.165, 1.54) is 7.11 Å². The monoisotopic (exact) mass is 399 g/mol. The minimum Gasteiger partial charge on any atom is -0.496 e. The molecule has 3 rings (SSSR count). The van der Waals surface area contributed by atoms with E-state index < -0.39 is 0 Å². The number of hydrogen-bond donors (Lipinski definition) is 1. The highest BCUT2D eigenvalue weighted by Gasteiger charge is 2.32. The van der Waals surface area contributed by atoms with Crippen LogP contribution in [0.15, 0.2) is 36.4 Å². The van der Waals surface area contributed by atoms with Gasteiger partial charge >= 0.3 is 0 Å².